The summed E-state index contributed by atoms with van der Waals surface area (Å²) in [5, 5.41) is 9.18. The minimum atomic E-state index is 0.00534. The standard InChI is InChI=1S/C25H25N3O3S/c1-16-22(17(2)31-27-16)15-30-23-13-19-7-4-3-6-18(19)12-21(23)25(29)28-10-5-8-20(14-28)24-26-9-11-32-24/h3-4,6-7,9,11-13,20H,5,8,10,14-15H2,1-2H3. The molecule has 5 rings (SSSR count). The van der Waals surface area contributed by atoms with E-state index in [-0.39, 0.29) is 5.91 Å². The zero-order chi connectivity index (χ0) is 22.1. The van der Waals surface area contributed by atoms with Crippen LogP contribution < -0.4 is 4.74 Å². The Kier molecular flexibility index (Phi) is 5.66. The Hall–Kier alpha value is -3.19. The molecule has 1 unspecified atom stereocenters. The minimum Gasteiger partial charge on any atom is -0.488 e. The lowest BCUT2D eigenvalue weighted by Crippen LogP contribution is -2.39. The number of nitrogens with zero attached hydrogens (tertiary/aromatic N) is 3. The van der Waals surface area contributed by atoms with E-state index < -0.39 is 0 Å². The van der Waals surface area contributed by atoms with E-state index in [9.17, 15) is 4.79 Å². The van der Waals surface area contributed by atoms with Crippen LogP contribution in [0.5, 0.6) is 5.75 Å². The van der Waals surface area contributed by atoms with Gasteiger partial charge in [0.05, 0.1) is 21.8 Å². The van der Waals surface area contributed by atoms with Crippen LogP contribution in [-0.4, -0.2) is 34.0 Å². The van der Waals surface area contributed by atoms with Gasteiger partial charge in [-0.2, -0.15) is 0 Å². The highest BCUT2D eigenvalue weighted by molar-refractivity contribution is 7.09. The summed E-state index contributed by atoms with van der Waals surface area (Å²) in [7, 11) is 0. The number of rotatable bonds is 5. The molecule has 4 aromatic rings. The highest BCUT2D eigenvalue weighted by Gasteiger charge is 2.28. The Morgan fingerprint density at radius 1 is 1.25 bits per heavy atom. The van der Waals surface area contributed by atoms with Gasteiger partial charge in [0.25, 0.3) is 5.91 Å². The minimum absolute atomic E-state index is 0.00534. The first-order valence-corrected chi connectivity index (χ1v) is 11.7. The van der Waals surface area contributed by atoms with Crippen LogP contribution in [0.3, 0.4) is 0 Å². The van der Waals surface area contributed by atoms with E-state index in [1.807, 2.05) is 66.7 Å². The smallest absolute Gasteiger partial charge is 0.257 e. The van der Waals surface area contributed by atoms with Gasteiger partial charge in [0.2, 0.25) is 0 Å². The van der Waals surface area contributed by atoms with Gasteiger partial charge >= 0.3 is 0 Å². The lowest BCUT2D eigenvalue weighted by Gasteiger charge is -2.32. The number of benzene rings is 2. The number of ether oxygens (including phenoxy) is 1. The van der Waals surface area contributed by atoms with Crippen molar-refractivity contribution in [3.63, 3.8) is 0 Å². The van der Waals surface area contributed by atoms with Gasteiger partial charge in [0, 0.05) is 30.6 Å². The number of likely N-dealkylation sites (tertiary alicyclic amines) is 1. The van der Waals surface area contributed by atoms with Gasteiger partial charge in [-0.05, 0) is 49.6 Å². The van der Waals surface area contributed by atoms with Crippen molar-refractivity contribution in [2.75, 3.05) is 13.1 Å². The van der Waals surface area contributed by atoms with Gasteiger partial charge in [-0.15, -0.1) is 11.3 Å². The first kappa shape index (κ1) is 20.7. The maximum absolute atomic E-state index is 13.7. The molecule has 32 heavy (non-hydrogen) atoms. The molecule has 0 N–H and O–H groups in total. The molecule has 2 aromatic carbocycles. The van der Waals surface area contributed by atoms with E-state index in [1.54, 1.807) is 11.3 Å². The fourth-order valence-electron chi connectivity index (χ4n) is 4.33. The van der Waals surface area contributed by atoms with Crippen LogP contribution in [0.15, 0.2) is 52.5 Å². The zero-order valence-electron chi connectivity index (χ0n) is 18.2. The van der Waals surface area contributed by atoms with Gasteiger partial charge in [0.15, 0.2) is 0 Å². The van der Waals surface area contributed by atoms with Crippen molar-refractivity contribution in [2.45, 2.75) is 39.2 Å². The highest BCUT2D eigenvalue weighted by Crippen LogP contribution is 2.32. The molecule has 7 heteroatoms. The number of thiazole rings is 1. The number of aromatic nitrogens is 2. The quantitative estimate of drug-likeness (QED) is 0.404. The molecule has 1 aliphatic rings. The maximum Gasteiger partial charge on any atom is 0.257 e. The predicted molar refractivity (Wildman–Crippen MR) is 124 cm³/mol. The SMILES string of the molecule is Cc1noc(C)c1COc1cc2ccccc2cc1C(=O)N1CCCC(c2nccs2)C1. The van der Waals surface area contributed by atoms with Crippen LogP contribution in [0.1, 0.15) is 51.1 Å². The molecule has 0 spiro atoms. The molecule has 0 saturated carbocycles. The third-order valence-electron chi connectivity index (χ3n) is 6.14. The predicted octanol–water partition coefficient (Wildman–Crippen LogP) is 5.50. The topological polar surface area (TPSA) is 68.5 Å². The van der Waals surface area contributed by atoms with Crippen LogP contribution in [-0.2, 0) is 6.61 Å². The largest absolute Gasteiger partial charge is 0.488 e. The first-order chi connectivity index (χ1) is 15.6. The summed E-state index contributed by atoms with van der Waals surface area (Å²) in [6.07, 6.45) is 3.87. The summed E-state index contributed by atoms with van der Waals surface area (Å²) in [4.78, 5) is 20.1. The number of hydrogen-bond acceptors (Lipinski definition) is 6. The van der Waals surface area contributed by atoms with Crippen LogP contribution in [0.2, 0.25) is 0 Å². The average molecular weight is 448 g/mol. The fourth-order valence-corrected chi connectivity index (χ4v) is 5.10. The summed E-state index contributed by atoms with van der Waals surface area (Å²) < 4.78 is 11.5. The van der Waals surface area contributed by atoms with Gasteiger partial charge in [-0.3, -0.25) is 4.79 Å². The highest BCUT2D eigenvalue weighted by atomic mass is 32.1. The Morgan fingerprint density at radius 2 is 2.06 bits per heavy atom. The molecule has 0 bridgehead atoms. The van der Waals surface area contributed by atoms with Crippen LogP contribution in [0.25, 0.3) is 10.8 Å². The lowest BCUT2D eigenvalue weighted by molar-refractivity contribution is 0.0702. The maximum atomic E-state index is 13.7. The van der Waals surface area contributed by atoms with E-state index in [2.05, 4.69) is 10.1 Å². The van der Waals surface area contributed by atoms with Crippen molar-refractivity contribution in [1.29, 1.82) is 0 Å². The lowest BCUT2D eigenvalue weighted by atomic mass is 9.97. The van der Waals surface area contributed by atoms with E-state index >= 15 is 0 Å². The number of fused-ring (bicyclic) bond motifs is 1. The van der Waals surface area contributed by atoms with E-state index in [4.69, 9.17) is 9.26 Å². The second-order valence-corrected chi connectivity index (χ2v) is 9.17. The Bertz CT molecular complexity index is 1230. The Labute approximate surface area is 190 Å². The second-order valence-electron chi connectivity index (χ2n) is 8.25. The Morgan fingerprint density at radius 3 is 2.78 bits per heavy atom. The second kappa shape index (κ2) is 8.74. The summed E-state index contributed by atoms with van der Waals surface area (Å²) in [5.41, 5.74) is 2.31. The number of piperidine rings is 1. The number of aryl methyl sites for hydroxylation is 2. The molecule has 1 amide bonds. The summed E-state index contributed by atoms with van der Waals surface area (Å²) in [6.45, 7) is 5.51. The molecule has 6 nitrogen and oxygen atoms in total. The van der Waals surface area contributed by atoms with E-state index in [0.29, 0.717) is 30.4 Å². The molecule has 1 aliphatic heterocycles. The molecule has 1 saturated heterocycles. The zero-order valence-corrected chi connectivity index (χ0v) is 19.0. The van der Waals surface area contributed by atoms with Crippen molar-refractivity contribution in [2.24, 2.45) is 0 Å². The number of hydrogen-bond donors (Lipinski definition) is 0. The first-order valence-electron chi connectivity index (χ1n) is 10.9. The van der Waals surface area contributed by atoms with E-state index in [0.717, 1.165) is 52.2 Å². The third kappa shape index (κ3) is 4.00. The molecule has 0 aliphatic carbocycles. The molecular formula is C25H25N3O3S. The molecule has 2 aromatic heterocycles. The number of carbonyl (C=O) groups excluding carboxylic acids is 1. The van der Waals surface area contributed by atoms with Gasteiger partial charge in [0.1, 0.15) is 18.1 Å². The van der Waals surface area contributed by atoms with Crippen molar-refractivity contribution >= 4 is 28.0 Å². The summed E-state index contributed by atoms with van der Waals surface area (Å²) >= 11 is 1.66. The number of amides is 1. The Balaban J connectivity index is 1.46. The average Bonchev–Trinajstić information content (AvgIpc) is 3.47. The molecule has 3 heterocycles. The van der Waals surface area contributed by atoms with Crippen LogP contribution >= 0.6 is 11.3 Å². The van der Waals surface area contributed by atoms with Crippen molar-refractivity contribution in [1.82, 2.24) is 15.0 Å². The van der Waals surface area contributed by atoms with Crippen molar-refractivity contribution in [3.05, 3.63) is 75.6 Å². The summed E-state index contributed by atoms with van der Waals surface area (Å²) in [6, 6.07) is 12.0. The molecule has 0 radical (unpaired) electrons. The molecule has 1 fully saturated rings. The monoisotopic (exact) mass is 447 g/mol. The van der Waals surface area contributed by atoms with Crippen LogP contribution in [0.4, 0.5) is 0 Å². The van der Waals surface area contributed by atoms with Crippen molar-refractivity contribution < 1.29 is 14.1 Å². The molecule has 164 valence electrons. The van der Waals surface area contributed by atoms with Gasteiger partial charge in [-0.25, -0.2) is 4.98 Å². The molecular weight excluding hydrogens is 422 g/mol. The van der Waals surface area contributed by atoms with Gasteiger partial charge < -0.3 is 14.2 Å². The fraction of sp³-hybridized carbons (Fsp3) is 0.320. The summed E-state index contributed by atoms with van der Waals surface area (Å²) in [5.74, 6) is 1.62. The van der Waals surface area contributed by atoms with E-state index in [1.165, 1.54) is 0 Å². The van der Waals surface area contributed by atoms with Gasteiger partial charge in [-0.1, -0.05) is 29.4 Å². The molecule has 1 atom stereocenters. The number of carbonyl (C=O) groups is 1. The normalized spacial score (nSPS) is 16.4. The third-order valence-corrected chi connectivity index (χ3v) is 7.08. The van der Waals surface area contributed by atoms with Crippen molar-refractivity contribution in [3.8, 4) is 5.75 Å². The van der Waals surface area contributed by atoms with Crippen LogP contribution in [0, 0.1) is 13.8 Å².